The van der Waals surface area contributed by atoms with Crippen molar-refractivity contribution in [1.82, 2.24) is 24.5 Å². The van der Waals surface area contributed by atoms with Crippen LogP contribution in [0.5, 0.6) is 0 Å². The van der Waals surface area contributed by atoms with Gasteiger partial charge in [-0.1, -0.05) is 6.92 Å². The molecule has 0 bridgehead atoms. The number of hydrogen-bond donors (Lipinski definition) is 1. The van der Waals surface area contributed by atoms with Gasteiger partial charge in [-0.3, -0.25) is 14.3 Å². The van der Waals surface area contributed by atoms with Crippen LogP contribution in [0, 0.1) is 23.0 Å². The van der Waals surface area contributed by atoms with Gasteiger partial charge >= 0.3 is 5.82 Å². The second kappa shape index (κ2) is 7.98. The summed E-state index contributed by atoms with van der Waals surface area (Å²) >= 11 is 0. The molecule has 2 heterocycles. The fraction of sp³-hybridized carbons (Fsp3) is 0.500. The molecule has 1 N–H and O–H groups in total. The van der Waals surface area contributed by atoms with Crippen molar-refractivity contribution in [2.45, 2.75) is 33.9 Å². The van der Waals surface area contributed by atoms with Crippen LogP contribution in [0.3, 0.4) is 0 Å². The van der Waals surface area contributed by atoms with E-state index in [-0.39, 0.29) is 24.2 Å². The highest BCUT2D eigenvalue weighted by atomic mass is 16.6. The molecule has 2 aromatic rings. The fourth-order valence-corrected chi connectivity index (χ4v) is 2.52. The molecule has 0 radical (unpaired) electrons. The first-order chi connectivity index (χ1) is 12.6. The molecule has 0 aliphatic rings. The number of carbonyl (C=O) groups is 2. The average Bonchev–Trinajstić information content (AvgIpc) is 3.17. The Morgan fingerprint density at radius 1 is 1.37 bits per heavy atom. The Morgan fingerprint density at radius 3 is 2.56 bits per heavy atom. The van der Waals surface area contributed by atoms with Crippen LogP contribution in [0.2, 0.25) is 0 Å². The zero-order valence-corrected chi connectivity index (χ0v) is 16.0. The Balaban J connectivity index is 2.16. The summed E-state index contributed by atoms with van der Waals surface area (Å²) in [7, 11) is 3.24. The summed E-state index contributed by atoms with van der Waals surface area (Å²) in [5.41, 5.74) is 1.22. The van der Waals surface area contributed by atoms with Crippen molar-refractivity contribution >= 4 is 23.3 Å². The lowest BCUT2D eigenvalue weighted by atomic mass is 10.1. The van der Waals surface area contributed by atoms with Gasteiger partial charge in [-0.05, 0) is 18.8 Å². The van der Waals surface area contributed by atoms with Crippen LogP contribution in [0.4, 0.5) is 11.5 Å². The van der Waals surface area contributed by atoms with E-state index in [4.69, 9.17) is 0 Å². The molecule has 0 aliphatic carbocycles. The third-order valence-electron chi connectivity index (χ3n) is 4.06. The highest BCUT2D eigenvalue weighted by Crippen LogP contribution is 2.19. The maximum Gasteiger partial charge on any atom is 0.390 e. The quantitative estimate of drug-likeness (QED) is 0.572. The van der Waals surface area contributed by atoms with E-state index >= 15 is 0 Å². The molecular weight excluding hydrogens is 354 g/mol. The second-order valence-corrected chi connectivity index (χ2v) is 6.40. The number of aromatic nitrogens is 4. The number of amides is 2. The Kier molecular flexibility index (Phi) is 5.93. The summed E-state index contributed by atoms with van der Waals surface area (Å²) in [5, 5.41) is 21.6. The standard InChI is InChI=1S/C16H23N7O4/c1-6-21-14(16(25)20(4)5)12(8-17-21)18-15(24)10(2)9-22-11(3)7-13(19-22)23(26)27/h7-8,10H,6,9H2,1-5H3,(H,18,24). The van der Waals surface area contributed by atoms with Gasteiger partial charge in [-0.2, -0.15) is 9.78 Å². The summed E-state index contributed by atoms with van der Waals surface area (Å²) in [6, 6.07) is 1.35. The van der Waals surface area contributed by atoms with Crippen LogP contribution in [0.15, 0.2) is 12.3 Å². The number of rotatable bonds is 7. The minimum atomic E-state index is -0.577. The molecule has 0 saturated heterocycles. The lowest BCUT2D eigenvalue weighted by molar-refractivity contribution is -0.389. The first-order valence-corrected chi connectivity index (χ1v) is 8.42. The predicted molar refractivity (Wildman–Crippen MR) is 97.3 cm³/mol. The zero-order chi connectivity index (χ0) is 20.3. The molecule has 0 saturated carbocycles. The molecule has 0 fully saturated rings. The lowest BCUT2D eigenvalue weighted by Gasteiger charge is -2.15. The Labute approximate surface area is 156 Å². The summed E-state index contributed by atoms with van der Waals surface area (Å²) in [6.07, 6.45) is 1.44. The number of hydrogen-bond acceptors (Lipinski definition) is 6. The number of nitro groups is 1. The van der Waals surface area contributed by atoms with Gasteiger partial charge < -0.3 is 20.3 Å². The number of nitrogens with one attached hydrogen (secondary N) is 1. The van der Waals surface area contributed by atoms with Gasteiger partial charge in [0.1, 0.15) is 5.69 Å². The highest BCUT2D eigenvalue weighted by molar-refractivity contribution is 6.02. The van der Waals surface area contributed by atoms with Crippen LogP contribution in [-0.2, 0) is 17.9 Å². The lowest BCUT2D eigenvalue weighted by Crippen LogP contribution is -2.29. The average molecular weight is 377 g/mol. The fourth-order valence-electron chi connectivity index (χ4n) is 2.52. The summed E-state index contributed by atoms with van der Waals surface area (Å²) < 4.78 is 2.94. The van der Waals surface area contributed by atoms with Crippen LogP contribution >= 0.6 is 0 Å². The Morgan fingerprint density at radius 2 is 2.04 bits per heavy atom. The van der Waals surface area contributed by atoms with Gasteiger partial charge in [-0.25, -0.2) is 0 Å². The van der Waals surface area contributed by atoms with Crippen LogP contribution in [-0.4, -0.2) is 55.3 Å². The van der Waals surface area contributed by atoms with E-state index in [0.29, 0.717) is 23.6 Å². The van der Waals surface area contributed by atoms with Crippen molar-refractivity contribution in [3.05, 3.63) is 33.8 Å². The Bertz CT molecular complexity index is 868. The molecule has 146 valence electrons. The number of aryl methyl sites for hydroxylation is 2. The highest BCUT2D eigenvalue weighted by Gasteiger charge is 2.24. The third kappa shape index (κ3) is 4.30. The molecule has 1 unspecified atom stereocenters. The molecular formula is C16H23N7O4. The first kappa shape index (κ1) is 20.1. The van der Waals surface area contributed by atoms with Crippen molar-refractivity contribution in [1.29, 1.82) is 0 Å². The number of carbonyl (C=O) groups excluding carboxylic acids is 2. The molecule has 27 heavy (non-hydrogen) atoms. The van der Waals surface area contributed by atoms with Crippen LogP contribution < -0.4 is 5.32 Å². The van der Waals surface area contributed by atoms with Crippen LogP contribution in [0.25, 0.3) is 0 Å². The van der Waals surface area contributed by atoms with E-state index in [9.17, 15) is 19.7 Å². The van der Waals surface area contributed by atoms with Crippen molar-refractivity contribution in [3.8, 4) is 0 Å². The zero-order valence-electron chi connectivity index (χ0n) is 16.0. The van der Waals surface area contributed by atoms with Gasteiger partial charge in [0, 0.05) is 20.6 Å². The molecule has 2 rings (SSSR count). The monoisotopic (exact) mass is 377 g/mol. The van der Waals surface area contributed by atoms with E-state index in [0.717, 1.165) is 0 Å². The molecule has 2 aromatic heterocycles. The molecule has 11 nitrogen and oxygen atoms in total. The third-order valence-corrected chi connectivity index (χ3v) is 4.06. The van der Waals surface area contributed by atoms with E-state index in [1.807, 2.05) is 6.92 Å². The van der Waals surface area contributed by atoms with Gasteiger partial charge in [0.2, 0.25) is 5.91 Å². The van der Waals surface area contributed by atoms with Crippen molar-refractivity contribution in [2.24, 2.45) is 5.92 Å². The smallest absolute Gasteiger partial charge is 0.358 e. The predicted octanol–water partition coefficient (Wildman–Crippen LogP) is 1.29. The van der Waals surface area contributed by atoms with E-state index in [1.54, 1.807) is 27.9 Å². The van der Waals surface area contributed by atoms with E-state index in [2.05, 4.69) is 15.5 Å². The van der Waals surface area contributed by atoms with Gasteiger partial charge in [0.25, 0.3) is 5.91 Å². The van der Waals surface area contributed by atoms with Crippen molar-refractivity contribution in [2.75, 3.05) is 19.4 Å². The van der Waals surface area contributed by atoms with E-state index < -0.39 is 10.8 Å². The Hall–Kier alpha value is -3.24. The summed E-state index contributed by atoms with van der Waals surface area (Å²) in [5.74, 6) is -1.40. The van der Waals surface area contributed by atoms with Crippen molar-refractivity contribution in [3.63, 3.8) is 0 Å². The largest absolute Gasteiger partial charge is 0.390 e. The summed E-state index contributed by atoms with van der Waals surface area (Å²) in [4.78, 5) is 36.6. The maximum atomic E-state index is 12.6. The van der Waals surface area contributed by atoms with Crippen LogP contribution in [0.1, 0.15) is 30.0 Å². The van der Waals surface area contributed by atoms with Gasteiger partial charge in [0.05, 0.1) is 41.2 Å². The molecule has 0 aromatic carbocycles. The topological polar surface area (TPSA) is 128 Å². The second-order valence-electron chi connectivity index (χ2n) is 6.40. The normalized spacial score (nSPS) is 11.9. The first-order valence-electron chi connectivity index (χ1n) is 8.42. The number of nitrogens with zero attached hydrogens (tertiary/aromatic N) is 6. The van der Waals surface area contributed by atoms with Crippen molar-refractivity contribution < 1.29 is 14.5 Å². The van der Waals surface area contributed by atoms with Gasteiger partial charge in [-0.15, -0.1) is 0 Å². The maximum absolute atomic E-state index is 12.6. The number of anilines is 1. The molecule has 2 amide bonds. The summed E-state index contributed by atoms with van der Waals surface area (Å²) in [6.45, 7) is 5.87. The minimum absolute atomic E-state index is 0.171. The molecule has 1 atom stereocenters. The van der Waals surface area contributed by atoms with Gasteiger partial charge in [0.15, 0.2) is 0 Å². The molecule has 11 heteroatoms. The minimum Gasteiger partial charge on any atom is -0.358 e. The molecule has 0 spiro atoms. The van der Waals surface area contributed by atoms with E-state index in [1.165, 1.54) is 26.5 Å². The SMILES string of the molecule is CCn1ncc(NC(=O)C(C)Cn2nc([N+](=O)[O-])cc2C)c1C(=O)N(C)C. The molecule has 0 aliphatic heterocycles.